The summed E-state index contributed by atoms with van der Waals surface area (Å²) in [6, 6.07) is 6.83. The van der Waals surface area contributed by atoms with E-state index in [2.05, 4.69) is 15.8 Å². The van der Waals surface area contributed by atoms with Crippen molar-refractivity contribution in [1.82, 2.24) is 10.7 Å². The number of hydrazone groups is 1. The van der Waals surface area contributed by atoms with Crippen LogP contribution in [0.4, 0.5) is 0 Å². The van der Waals surface area contributed by atoms with E-state index in [9.17, 15) is 14.4 Å². The fourth-order valence-corrected chi connectivity index (χ4v) is 2.08. The number of amides is 2. The number of nitrogens with one attached hydrogen (secondary N) is 2. The van der Waals surface area contributed by atoms with Crippen molar-refractivity contribution in [3.8, 4) is 0 Å². The van der Waals surface area contributed by atoms with Gasteiger partial charge in [-0.2, -0.15) is 5.10 Å². The largest absolute Gasteiger partial charge is 0.451 e. The van der Waals surface area contributed by atoms with Crippen LogP contribution in [0.1, 0.15) is 31.4 Å². The molecule has 1 aromatic rings. The van der Waals surface area contributed by atoms with Crippen molar-refractivity contribution in [1.29, 1.82) is 0 Å². The molecule has 0 unspecified atom stereocenters. The maximum atomic E-state index is 11.8. The monoisotopic (exact) mass is 337 g/mol. The Labute approximate surface area is 138 Å². The number of halogens is 1. The molecule has 23 heavy (non-hydrogen) atoms. The van der Waals surface area contributed by atoms with Crippen LogP contribution in [0.3, 0.4) is 0 Å². The number of carbonyl (C=O) groups is 3. The zero-order chi connectivity index (χ0) is 16.8. The summed E-state index contributed by atoms with van der Waals surface area (Å²) in [6.07, 6.45) is 0.376. The van der Waals surface area contributed by atoms with Gasteiger partial charge in [0.15, 0.2) is 6.61 Å². The predicted octanol–water partition coefficient (Wildman–Crippen LogP) is 1.33. The Kier molecular flexibility index (Phi) is 5.70. The minimum Gasteiger partial charge on any atom is -0.451 e. The number of hydrogen-bond acceptors (Lipinski definition) is 5. The average molecular weight is 338 g/mol. The van der Waals surface area contributed by atoms with Crippen molar-refractivity contribution in [3.63, 3.8) is 0 Å². The normalized spacial score (nSPS) is 15.2. The highest BCUT2D eigenvalue weighted by atomic mass is 35.5. The molecule has 2 N–H and O–H groups in total. The smallest absolute Gasteiger partial charge is 0.355 e. The van der Waals surface area contributed by atoms with Gasteiger partial charge in [0.05, 0.1) is 6.04 Å². The Morgan fingerprint density at radius 1 is 1.35 bits per heavy atom. The summed E-state index contributed by atoms with van der Waals surface area (Å²) < 4.78 is 4.88. The van der Waals surface area contributed by atoms with Gasteiger partial charge in [0.2, 0.25) is 5.91 Å². The summed E-state index contributed by atoms with van der Waals surface area (Å²) in [5.41, 5.74) is 3.18. The first-order valence-electron chi connectivity index (χ1n) is 7.03. The lowest BCUT2D eigenvalue weighted by Crippen LogP contribution is -2.34. The van der Waals surface area contributed by atoms with E-state index < -0.39 is 18.5 Å². The lowest BCUT2D eigenvalue weighted by Gasteiger charge is -2.15. The Hall–Kier alpha value is -2.41. The Bertz CT molecular complexity index is 643. The second-order valence-electron chi connectivity index (χ2n) is 5.01. The molecule has 0 aromatic heterocycles. The molecule has 0 saturated carbocycles. The van der Waals surface area contributed by atoms with E-state index in [1.54, 1.807) is 24.3 Å². The maximum absolute atomic E-state index is 11.8. The van der Waals surface area contributed by atoms with Crippen molar-refractivity contribution >= 4 is 35.1 Å². The third kappa shape index (κ3) is 5.07. The van der Waals surface area contributed by atoms with Crippen LogP contribution in [0.2, 0.25) is 5.02 Å². The summed E-state index contributed by atoms with van der Waals surface area (Å²) in [5.74, 6) is -1.39. The van der Waals surface area contributed by atoms with E-state index in [0.717, 1.165) is 5.56 Å². The molecule has 1 heterocycles. The fourth-order valence-electron chi connectivity index (χ4n) is 1.95. The Morgan fingerprint density at radius 3 is 2.65 bits per heavy atom. The van der Waals surface area contributed by atoms with Crippen molar-refractivity contribution < 1.29 is 19.1 Å². The average Bonchev–Trinajstić information content (AvgIpc) is 2.54. The summed E-state index contributed by atoms with van der Waals surface area (Å²) in [6.45, 7) is 1.40. The van der Waals surface area contributed by atoms with Crippen LogP contribution in [0.25, 0.3) is 0 Å². The number of ether oxygens (including phenoxy) is 1. The van der Waals surface area contributed by atoms with Gasteiger partial charge in [0.1, 0.15) is 5.71 Å². The molecular formula is C15H16ClN3O4. The molecule has 7 nitrogen and oxygen atoms in total. The molecule has 2 amide bonds. The topological polar surface area (TPSA) is 96.9 Å². The highest BCUT2D eigenvalue weighted by molar-refractivity contribution is 6.37. The predicted molar refractivity (Wildman–Crippen MR) is 83.8 cm³/mol. The number of benzene rings is 1. The second kappa shape index (κ2) is 7.73. The minimum atomic E-state index is -0.709. The molecule has 2 rings (SSSR count). The first-order valence-corrected chi connectivity index (χ1v) is 7.41. The van der Waals surface area contributed by atoms with Crippen LogP contribution in [-0.2, 0) is 19.1 Å². The fraction of sp³-hybridized carbons (Fsp3) is 0.333. The molecule has 0 bridgehead atoms. The number of esters is 1. The van der Waals surface area contributed by atoms with Crippen LogP contribution in [-0.4, -0.2) is 30.1 Å². The number of rotatable bonds is 5. The quantitative estimate of drug-likeness (QED) is 0.792. The summed E-state index contributed by atoms with van der Waals surface area (Å²) in [4.78, 5) is 34.4. The minimum absolute atomic E-state index is 0.100. The second-order valence-corrected chi connectivity index (χ2v) is 5.45. The lowest BCUT2D eigenvalue weighted by molar-refractivity contribution is -0.142. The van der Waals surface area contributed by atoms with Gasteiger partial charge in [-0.25, -0.2) is 10.2 Å². The van der Waals surface area contributed by atoms with Crippen LogP contribution in [0.5, 0.6) is 0 Å². The molecule has 0 spiro atoms. The summed E-state index contributed by atoms with van der Waals surface area (Å²) in [7, 11) is 0. The Balaban J connectivity index is 1.79. The summed E-state index contributed by atoms with van der Waals surface area (Å²) >= 11 is 5.81. The molecule has 0 radical (unpaired) electrons. The van der Waals surface area contributed by atoms with Gasteiger partial charge in [-0.1, -0.05) is 23.7 Å². The van der Waals surface area contributed by atoms with E-state index >= 15 is 0 Å². The third-order valence-corrected chi connectivity index (χ3v) is 3.47. The lowest BCUT2D eigenvalue weighted by atomic mass is 10.1. The zero-order valence-corrected chi connectivity index (χ0v) is 13.2. The van der Waals surface area contributed by atoms with E-state index in [1.165, 1.54) is 0 Å². The molecule has 1 atom stereocenters. The zero-order valence-electron chi connectivity index (χ0n) is 12.5. The molecule has 0 aliphatic carbocycles. The van der Waals surface area contributed by atoms with Crippen LogP contribution in [0, 0.1) is 0 Å². The number of hydrogen-bond donors (Lipinski definition) is 2. The molecule has 8 heteroatoms. The van der Waals surface area contributed by atoms with Crippen LogP contribution < -0.4 is 10.7 Å². The molecule has 1 aromatic carbocycles. The van der Waals surface area contributed by atoms with Crippen molar-refractivity contribution in [2.45, 2.75) is 25.8 Å². The number of carbonyl (C=O) groups excluding carboxylic acids is 3. The molecular weight excluding hydrogens is 322 g/mol. The summed E-state index contributed by atoms with van der Waals surface area (Å²) in [5, 5.41) is 6.93. The van der Waals surface area contributed by atoms with E-state index in [1.807, 2.05) is 6.92 Å². The van der Waals surface area contributed by atoms with Gasteiger partial charge in [0, 0.05) is 17.9 Å². The van der Waals surface area contributed by atoms with Gasteiger partial charge in [-0.15, -0.1) is 0 Å². The van der Waals surface area contributed by atoms with E-state index in [4.69, 9.17) is 16.3 Å². The third-order valence-electron chi connectivity index (χ3n) is 3.22. The van der Waals surface area contributed by atoms with Crippen molar-refractivity contribution in [3.05, 3.63) is 34.9 Å². The maximum Gasteiger partial charge on any atom is 0.355 e. The highest BCUT2D eigenvalue weighted by Crippen LogP contribution is 2.15. The highest BCUT2D eigenvalue weighted by Gasteiger charge is 2.20. The number of nitrogens with zero attached hydrogens (tertiary/aromatic N) is 1. The molecule has 0 fully saturated rings. The molecule has 122 valence electrons. The molecule has 1 aliphatic heterocycles. The van der Waals surface area contributed by atoms with Crippen molar-refractivity contribution in [2.75, 3.05) is 6.61 Å². The molecule has 1 aliphatic rings. The SMILES string of the molecule is C[C@H](NC(=O)COC(=O)C1=NNC(=O)CC1)c1ccc(Cl)cc1. The van der Waals surface area contributed by atoms with Crippen LogP contribution >= 0.6 is 11.6 Å². The van der Waals surface area contributed by atoms with Crippen LogP contribution in [0.15, 0.2) is 29.4 Å². The Morgan fingerprint density at radius 2 is 2.04 bits per heavy atom. The molecule has 0 saturated heterocycles. The van der Waals surface area contributed by atoms with Gasteiger partial charge in [-0.05, 0) is 24.6 Å². The standard InChI is InChI=1S/C15H16ClN3O4/c1-9(10-2-4-11(16)5-3-10)17-14(21)8-23-15(22)12-6-7-13(20)19-18-12/h2-5,9H,6-8H2,1H3,(H,17,21)(H,19,20)/t9-/m0/s1. The van der Waals surface area contributed by atoms with Crippen molar-refractivity contribution in [2.24, 2.45) is 5.10 Å². The van der Waals surface area contributed by atoms with Gasteiger partial charge >= 0.3 is 5.97 Å². The first kappa shape index (κ1) is 17.0. The van der Waals surface area contributed by atoms with E-state index in [0.29, 0.717) is 5.02 Å². The van der Waals surface area contributed by atoms with Gasteiger partial charge < -0.3 is 10.1 Å². The van der Waals surface area contributed by atoms with Gasteiger partial charge in [-0.3, -0.25) is 9.59 Å². The first-order chi connectivity index (χ1) is 11.0. The van der Waals surface area contributed by atoms with E-state index in [-0.39, 0.29) is 30.5 Å². The van der Waals surface area contributed by atoms with Gasteiger partial charge in [0.25, 0.3) is 5.91 Å².